The Kier molecular flexibility index (Phi) is 5.74. The summed E-state index contributed by atoms with van der Waals surface area (Å²) in [6.45, 7) is 0. The van der Waals surface area contributed by atoms with Crippen molar-refractivity contribution in [2.24, 2.45) is 5.92 Å². The molecule has 188 valence electrons. The van der Waals surface area contributed by atoms with Crippen LogP contribution in [0, 0.1) is 5.92 Å². The zero-order valence-electron chi connectivity index (χ0n) is 20.7. The molecule has 0 aliphatic heterocycles. The third-order valence-electron chi connectivity index (χ3n) is 7.48. The highest BCUT2D eigenvalue weighted by atomic mass is 32.1. The van der Waals surface area contributed by atoms with Crippen molar-refractivity contribution in [2.45, 2.75) is 32.1 Å². The quantitative estimate of drug-likeness (QED) is 0.221. The molecular formula is C30H26N6OS. The number of nitrogens with one attached hydrogen (secondary N) is 3. The second kappa shape index (κ2) is 9.54. The molecule has 0 radical (unpaired) electrons. The summed E-state index contributed by atoms with van der Waals surface area (Å²) >= 11 is 1.70. The minimum absolute atomic E-state index is 0.0926. The van der Waals surface area contributed by atoms with Crippen LogP contribution in [0.5, 0.6) is 0 Å². The molecule has 0 bridgehead atoms. The van der Waals surface area contributed by atoms with E-state index in [1.165, 1.54) is 17.5 Å². The predicted octanol–water partition coefficient (Wildman–Crippen LogP) is 7.42. The number of hydrogen-bond donors (Lipinski definition) is 3. The molecule has 0 saturated heterocycles. The molecule has 1 fully saturated rings. The molecule has 0 unspecified atom stereocenters. The van der Waals surface area contributed by atoms with Crippen LogP contribution in [0.25, 0.3) is 55.6 Å². The highest BCUT2D eigenvalue weighted by Crippen LogP contribution is 2.35. The number of benzene rings is 1. The lowest BCUT2D eigenvalue weighted by atomic mass is 9.88. The standard InChI is InChI=1S/C30H26N6OS/c37-30(18-5-2-1-3-6-18)33-22-11-20(14-31-16-22)21-12-25-28(35-36-29(25)32-15-21)27-13-24-23(19-9-10-38-17-19)7-4-8-26(24)34-27/h4,7-18,34H,1-3,5-6H2,(H,33,37)(H,32,35,36). The van der Waals surface area contributed by atoms with Crippen LogP contribution in [0.3, 0.4) is 0 Å². The minimum atomic E-state index is 0.0926. The molecule has 5 heterocycles. The number of thiophene rings is 1. The van der Waals surface area contributed by atoms with Crippen molar-refractivity contribution in [3.63, 3.8) is 0 Å². The smallest absolute Gasteiger partial charge is 0.227 e. The summed E-state index contributed by atoms with van der Waals surface area (Å²) in [7, 11) is 0. The van der Waals surface area contributed by atoms with E-state index in [1.54, 1.807) is 23.7 Å². The van der Waals surface area contributed by atoms with Crippen molar-refractivity contribution in [3.8, 4) is 33.6 Å². The van der Waals surface area contributed by atoms with Gasteiger partial charge in [-0.05, 0) is 65.1 Å². The second-order valence-corrected chi connectivity index (χ2v) is 10.7. The van der Waals surface area contributed by atoms with Gasteiger partial charge in [-0.15, -0.1) is 0 Å². The molecule has 3 N–H and O–H groups in total. The van der Waals surface area contributed by atoms with Crippen LogP contribution >= 0.6 is 11.3 Å². The number of nitrogens with zero attached hydrogens (tertiary/aromatic N) is 3. The van der Waals surface area contributed by atoms with Gasteiger partial charge in [0.2, 0.25) is 5.91 Å². The maximum Gasteiger partial charge on any atom is 0.227 e. The number of amides is 1. The van der Waals surface area contributed by atoms with Gasteiger partial charge in [-0.2, -0.15) is 16.4 Å². The van der Waals surface area contributed by atoms with Crippen molar-refractivity contribution in [1.29, 1.82) is 0 Å². The van der Waals surface area contributed by atoms with Gasteiger partial charge in [0.15, 0.2) is 5.65 Å². The second-order valence-electron chi connectivity index (χ2n) is 9.94. The van der Waals surface area contributed by atoms with Crippen LogP contribution in [-0.4, -0.2) is 31.1 Å². The number of fused-ring (bicyclic) bond motifs is 2. The van der Waals surface area contributed by atoms with E-state index in [4.69, 9.17) is 0 Å². The van der Waals surface area contributed by atoms with E-state index in [1.807, 2.05) is 12.3 Å². The fourth-order valence-corrected chi connectivity index (χ4v) is 6.15. The first-order valence-electron chi connectivity index (χ1n) is 13.0. The van der Waals surface area contributed by atoms with Gasteiger partial charge in [0.1, 0.15) is 5.69 Å². The van der Waals surface area contributed by atoms with Crippen LogP contribution in [0.4, 0.5) is 5.69 Å². The number of anilines is 1. The zero-order valence-corrected chi connectivity index (χ0v) is 21.5. The van der Waals surface area contributed by atoms with Crippen molar-refractivity contribution in [3.05, 3.63) is 71.8 Å². The van der Waals surface area contributed by atoms with E-state index in [-0.39, 0.29) is 11.8 Å². The van der Waals surface area contributed by atoms with Crippen LogP contribution < -0.4 is 5.32 Å². The molecule has 0 spiro atoms. The molecule has 1 aliphatic carbocycles. The number of pyridine rings is 2. The van der Waals surface area contributed by atoms with Crippen molar-refractivity contribution in [1.82, 2.24) is 25.1 Å². The summed E-state index contributed by atoms with van der Waals surface area (Å²) in [4.78, 5) is 25.3. The van der Waals surface area contributed by atoms with Crippen molar-refractivity contribution >= 4 is 44.9 Å². The maximum absolute atomic E-state index is 12.8. The lowest BCUT2D eigenvalue weighted by Crippen LogP contribution is -2.24. The monoisotopic (exact) mass is 518 g/mol. The fourth-order valence-electron chi connectivity index (χ4n) is 5.49. The minimum Gasteiger partial charge on any atom is -0.353 e. The van der Waals surface area contributed by atoms with Gasteiger partial charge < -0.3 is 10.3 Å². The summed E-state index contributed by atoms with van der Waals surface area (Å²) in [6, 6.07) is 14.7. The number of rotatable bonds is 5. The van der Waals surface area contributed by atoms with E-state index in [9.17, 15) is 4.79 Å². The van der Waals surface area contributed by atoms with Crippen molar-refractivity contribution < 1.29 is 4.79 Å². The normalized spacial score (nSPS) is 14.3. The average molecular weight is 519 g/mol. The Balaban J connectivity index is 1.23. The first-order valence-corrected chi connectivity index (χ1v) is 13.9. The number of aromatic amines is 2. The van der Waals surface area contributed by atoms with Crippen LogP contribution in [-0.2, 0) is 4.79 Å². The van der Waals surface area contributed by atoms with Crippen LogP contribution in [0.2, 0.25) is 0 Å². The Hall–Kier alpha value is -4.30. The van der Waals surface area contributed by atoms with E-state index in [2.05, 4.69) is 77.6 Å². The highest BCUT2D eigenvalue weighted by molar-refractivity contribution is 7.08. The van der Waals surface area contributed by atoms with Gasteiger partial charge in [-0.1, -0.05) is 31.4 Å². The molecule has 1 aromatic carbocycles. The van der Waals surface area contributed by atoms with E-state index in [0.717, 1.165) is 70.1 Å². The zero-order chi connectivity index (χ0) is 25.5. The molecule has 7 rings (SSSR count). The number of carbonyl (C=O) groups excluding carboxylic acids is 1. The van der Waals surface area contributed by atoms with Gasteiger partial charge >= 0.3 is 0 Å². The molecule has 38 heavy (non-hydrogen) atoms. The lowest BCUT2D eigenvalue weighted by Gasteiger charge is -2.20. The number of aromatic nitrogens is 5. The fraction of sp³-hybridized carbons (Fsp3) is 0.200. The summed E-state index contributed by atoms with van der Waals surface area (Å²) in [5.41, 5.74) is 8.46. The van der Waals surface area contributed by atoms with Crippen molar-refractivity contribution in [2.75, 3.05) is 5.32 Å². The Morgan fingerprint density at radius 2 is 1.84 bits per heavy atom. The highest BCUT2D eigenvalue weighted by Gasteiger charge is 2.21. The summed E-state index contributed by atoms with van der Waals surface area (Å²) in [5.74, 6) is 0.186. The first-order chi connectivity index (χ1) is 18.7. The SMILES string of the molecule is O=C(Nc1cncc(-c2cnc3[nH]nc(-c4cc5c(-c6ccsc6)cccc5[nH]4)c3c2)c1)C1CCCCC1. The molecule has 0 atom stereocenters. The number of carbonyl (C=O) groups is 1. The van der Waals surface area contributed by atoms with Gasteiger partial charge in [0.25, 0.3) is 0 Å². The summed E-state index contributed by atoms with van der Waals surface area (Å²) in [6.07, 6.45) is 10.7. The Morgan fingerprint density at radius 3 is 2.71 bits per heavy atom. The molecule has 1 aliphatic rings. The lowest BCUT2D eigenvalue weighted by molar-refractivity contribution is -0.120. The van der Waals surface area contributed by atoms with Gasteiger partial charge in [0.05, 0.1) is 17.6 Å². The predicted molar refractivity (Wildman–Crippen MR) is 153 cm³/mol. The maximum atomic E-state index is 12.8. The topological polar surface area (TPSA) is 99.3 Å². The number of hydrogen-bond acceptors (Lipinski definition) is 5. The molecule has 1 amide bonds. The number of H-pyrrole nitrogens is 2. The summed E-state index contributed by atoms with van der Waals surface area (Å²) in [5, 5.41) is 17.1. The van der Waals surface area contributed by atoms with Gasteiger partial charge in [-0.3, -0.25) is 14.9 Å². The molecule has 1 saturated carbocycles. The molecule has 5 aromatic heterocycles. The third-order valence-corrected chi connectivity index (χ3v) is 8.17. The van der Waals surface area contributed by atoms with E-state index < -0.39 is 0 Å². The molecule has 7 nitrogen and oxygen atoms in total. The largest absolute Gasteiger partial charge is 0.353 e. The van der Waals surface area contributed by atoms with E-state index >= 15 is 0 Å². The Morgan fingerprint density at radius 1 is 0.947 bits per heavy atom. The Labute approximate surface area is 223 Å². The molecular weight excluding hydrogens is 492 g/mol. The van der Waals surface area contributed by atoms with Gasteiger partial charge in [0, 0.05) is 45.7 Å². The van der Waals surface area contributed by atoms with Gasteiger partial charge in [-0.25, -0.2) is 4.98 Å². The molecule has 8 heteroatoms. The summed E-state index contributed by atoms with van der Waals surface area (Å²) < 4.78 is 0. The van der Waals surface area contributed by atoms with E-state index in [0.29, 0.717) is 5.69 Å². The average Bonchev–Trinajstić information content (AvgIpc) is 3.73. The molecule has 6 aromatic rings. The van der Waals surface area contributed by atoms with Crippen LogP contribution in [0.15, 0.2) is 71.8 Å². The Bertz CT molecular complexity index is 1760. The third kappa shape index (κ3) is 4.16. The van der Waals surface area contributed by atoms with Crippen LogP contribution in [0.1, 0.15) is 32.1 Å². The first kappa shape index (κ1) is 22.9.